The number of rotatable bonds is 6. The van der Waals surface area contributed by atoms with E-state index < -0.39 is 0 Å². The van der Waals surface area contributed by atoms with E-state index in [1.54, 1.807) is 28.0 Å². The van der Waals surface area contributed by atoms with Crippen molar-refractivity contribution in [3.8, 4) is 17.2 Å². The van der Waals surface area contributed by atoms with Crippen molar-refractivity contribution >= 4 is 11.8 Å². The van der Waals surface area contributed by atoms with Crippen LogP contribution in [0.4, 0.5) is 0 Å². The maximum atomic E-state index is 13.1. The van der Waals surface area contributed by atoms with E-state index in [4.69, 9.17) is 14.2 Å². The van der Waals surface area contributed by atoms with Crippen LogP contribution in [-0.4, -0.2) is 68.6 Å². The van der Waals surface area contributed by atoms with Gasteiger partial charge in [0.15, 0.2) is 6.61 Å². The Balaban J connectivity index is 1.62. The molecule has 1 fully saturated rings. The van der Waals surface area contributed by atoms with Gasteiger partial charge in [0.25, 0.3) is 11.8 Å². The first kappa shape index (κ1) is 20.5. The Labute approximate surface area is 170 Å². The molecule has 2 amide bonds. The number of methoxy groups -OCH3 is 2. The number of nitrogens with zero attached hydrogens (tertiary/aromatic N) is 2. The van der Waals surface area contributed by atoms with Crippen molar-refractivity contribution in [2.75, 3.05) is 47.0 Å². The molecule has 1 aliphatic rings. The highest BCUT2D eigenvalue weighted by Gasteiger charge is 2.27. The van der Waals surface area contributed by atoms with Crippen LogP contribution >= 0.6 is 0 Å². The van der Waals surface area contributed by atoms with E-state index in [-0.39, 0.29) is 18.4 Å². The molecule has 1 aliphatic heterocycles. The molecule has 0 aromatic heterocycles. The molecule has 2 aromatic rings. The molecular weight excluding hydrogens is 372 g/mol. The lowest BCUT2D eigenvalue weighted by atomic mass is 10.1. The number of carbonyl (C=O) groups is 2. The maximum Gasteiger partial charge on any atom is 0.261 e. The van der Waals surface area contributed by atoms with Crippen molar-refractivity contribution in [3.05, 3.63) is 54.1 Å². The van der Waals surface area contributed by atoms with Gasteiger partial charge in [-0.15, -0.1) is 0 Å². The Morgan fingerprint density at radius 3 is 2.10 bits per heavy atom. The van der Waals surface area contributed by atoms with Crippen LogP contribution in [0, 0.1) is 0 Å². The van der Waals surface area contributed by atoms with Crippen LogP contribution in [0.15, 0.2) is 48.5 Å². The number of hydrogen-bond donors (Lipinski definition) is 0. The maximum absolute atomic E-state index is 13.1. The minimum atomic E-state index is -0.158. The highest BCUT2D eigenvalue weighted by molar-refractivity contribution is 5.99. The molecule has 7 heteroatoms. The molecule has 0 saturated carbocycles. The second kappa shape index (κ2) is 9.82. The predicted molar refractivity (Wildman–Crippen MR) is 109 cm³/mol. The van der Waals surface area contributed by atoms with Crippen molar-refractivity contribution in [1.29, 1.82) is 0 Å². The van der Waals surface area contributed by atoms with Crippen LogP contribution in [0.2, 0.25) is 0 Å². The Morgan fingerprint density at radius 2 is 1.45 bits per heavy atom. The lowest BCUT2D eigenvalue weighted by Gasteiger charge is -2.23. The number of para-hydroxylation sites is 1. The Kier molecular flexibility index (Phi) is 6.94. The van der Waals surface area contributed by atoms with Crippen LogP contribution in [0.25, 0.3) is 0 Å². The summed E-state index contributed by atoms with van der Waals surface area (Å²) in [5.41, 5.74) is 0.407. The molecule has 0 spiro atoms. The van der Waals surface area contributed by atoms with Crippen LogP contribution in [0.3, 0.4) is 0 Å². The standard InChI is InChI=1S/C22H26N2O5/c1-27-18-10-6-11-19(28-2)21(18)22(26)24-13-7-12-23(14-15-24)20(25)16-29-17-8-4-3-5-9-17/h3-6,8-11H,7,12-16H2,1-2H3. The average molecular weight is 398 g/mol. The van der Waals surface area contributed by atoms with Gasteiger partial charge in [-0.25, -0.2) is 0 Å². The molecule has 0 unspecified atom stereocenters. The van der Waals surface area contributed by atoms with E-state index in [0.29, 0.717) is 55.4 Å². The van der Waals surface area contributed by atoms with E-state index in [1.165, 1.54) is 14.2 Å². The highest BCUT2D eigenvalue weighted by Crippen LogP contribution is 2.29. The van der Waals surface area contributed by atoms with Crippen LogP contribution < -0.4 is 14.2 Å². The van der Waals surface area contributed by atoms with Crippen LogP contribution in [0.5, 0.6) is 17.2 Å². The smallest absolute Gasteiger partial charge is 0.261 e. The largest absolute Gasteiger partial charge is 0.496 e. The lowest BCUT2D eigenvalue weighted by Crippen LogP contribution is -2.39. The minimum Gasteiger partial charge on any atom is -0.496 e. The molecule has 7 nitrogen and oxygen atoms in total. The Hall–Kier alpha value is -3.22. The highest BCUT2D eigenvalue weighted by atomic mass is 16.5. The molecule has 154 valence electrons. The summed E-state index contributed by atoms with van der Waals surface area (Å²) in [7, 11) is 3.06. The quantitative estimate of drug-likeness (QED) is 0.748. The van der Waals surface area contributed by atoms with Crippen LogP contribution in [0.1, 0.15) is 16.8 Å². The molecule has 2 aromatic carbocycles. The van der Waals surface area contributed by atoms with Crippen molar-refractivity contribution in [3.63, 3.8) is 0 Å². The SMILES string of the molecule is COc1cccc(OC)c1C(=O)N1CCCN(C(=O)COc2ccccc2)CC1. The van der Waals surface area contributed by atoms with Gasteiger partial charge in [0.05, 0.1) is 14.2 Å². The molecule has 0 N–H and O–H groups in total. The zero-order chi connectivity index (χ0) is 20.6. The van der Waals surface area contributed by atoms with E-state index in [9.17, 15) is 9.59 Å². The summed E-state index contributed by atoms with van der Waals surface area (Å²) in [4.78, 5) is 29.2. The zero-order valence-corrected chi connectivity index (χ0v) is 16.8. The molecule has 3 rings (SSSR count). The van der Waals surface area contributed by atoms with Gasteiger partial charge >= 0.3 is 0 Å². The Bertz CT molecular complexity index is 818. The molecule has 0 aliphatic carbocycles. The van der Waals surface area contributed by atoms with Crippen molar-refractivity contribution in [2.24, 2.45) is 0 Å². The monoisotopic (exact) mass is 398 g/mol. The van der Waals surface area contributed by atoms with Gasteiger partial charge in [-0.3, -0.25) is 9.59 Å². The van der Waals surface area contributed by atoms with Gasteiger partial charge in [-0.05, 0) is 30.7 Å². The van der Waals surface area contributed by atoms with Gasteiger partial charge in [0.2, 0.25) is 0 Å². The fraction of sp³-hybridized carbons (Fsp3) is 0.364. The fourth-order valence-corrected chi connectivity index (χ4v) is 3.34. The van der Waals surface area contributed by atoms with Gasteiger partial charge in [0, 0.05) is 26.2 Å². The molecule has 1 heterocycles. The summed E-state index contributed by atoms with van der Waals surface area (Å²) in [5, 5.41) is 0. The van der Waals surface area contributed by atoms with Gasteiger partial charge < -0.3 is 24.0 Å². The normalized spacial score (nSPS) is 14.1. The number of benzene rings is 2. The van der Waals surface area contributed by atoms with Crippen molar-refractivity contribution in [1.82, 2.24) is 9.80 Å². The van der Waals surface area contributed by atoms with Crippen LogP contribution in [-0.2, 0) is 4.79 Å². The summed E-state index contributed by atoms with van der Waals surface area (Å²) < 4.78 is 16.3. The number of hydrogen-bond acceptors (Lipinski definition) is 5. The molecule has 0 radical (unpaired) electrons. The van der Waals surface area contributed by atoms with E-state index in [0.717, 1.165) is 0 Å². The second-order valence-electron chi connectivity index (χ2n) is 6.67. The predicted octanol–water partition coefficient (Wildman–Crippen LogP) is 2.46. The average Bonchev–Trinajstić information content (AvgIpc) is 3.03. The number of amides is 2. The summed E-state index contributed by atoms with van der Waals surface area (Å²) in [6.45, 7) is 2.03. The molecule has 0 atom stereocenters. The van der Waals surface area contributed by atoms with Gasteiger partial charge in [-0.1, -0.05) is 24.3 Å². The van der Waals surface area contributed by atoms with Crippen molar-refractivity contribution < 1.29 is 23.8 Å². The third-order valence-electron chi connectivity index (χ3n) is 4.88. The summed E-state index contributed by atoms with van der Waals surface area (Å²) in [6.07, 6.45) is 0.695. The topological polar surface area (TPSA) is 68.3 Å². The van der Waals surface area contributed by atoms with E-state index >= 15 is 0 Å². The molecule has 1 saturated heterocycles. The molecule has 0 bridgehead atoms. The van der Waals surface area contributed by atoms with E-state index in [2.05, 4.69) is 0 Å². The van der Waals surface area contributed by atoms with Gasteiger partial charge in [-0.2, -0.15) is 0 Å². The fourth-order valence-electron chi connectivity index (χ4n) is 3.34. The van der Waals surface area contributed by atoms with Gasteiger partial charge in [0.1, 0.15) is 22.8 Å². The zero-order valence-electron chi connectivity index (χ0n) is 16.8. The lowest BCUT2D eigenvalue weighted by molar-refractivity contribution is -0.133. The first-order valence-electron chi connectivity index (χ1n) is 9.60. The first-order valence-corrected chi connectivity index (χ1v) is 9.60. The second-order valence-corrected chi connectivity index (χ2v) is 6.67. The third-order valence-corrected chi connectivity index (χ3v) is 4.88. The number of ether oxygens (including phenoxy) is 3. The minimum absolute atomic E-state index is 0.0156. The Morgan fingerprint density at radius 1 is 0.828 bits per heavy atom. The third kappa shape index (κ3) is 4.99. The van der Waals surface area contributed by atoms with E-state index in [1.807, 2.05) is 30.3 Å². The molecule has 29 heavy (non-hydrogen) atoms. The molecular formula is C22H26N2O5. The summed E-state index contributed by atoms with van der Waals surface area (Å²) in [5.74, 6) is 1.37. The summed E-state index contributed by atoms with van der Waals surface area (Å²) >= 11 is 0. The van der Waals surface area contributed by atoms with Crippen molar-refractivity contribution in [2.45, 2.75) is 6.42 Å². The summed E-state index contributed by atoms with van der Waals surface area (Å²) in [6, 6.07) is 14.5. The first-order chi connectivity index (χ1) is 14.1. The number of carbonyl (C=O) groups excluding carboxylic acids is 2.